The first-order valence-electron chi connectivity index (χ1n) is 9.50. The molecule has 3 heterocycles. The van der Waals surface area contributed by atoms with E-state index in [1.54, 1.807) is 29.6 Å². The molecule has 7 heteroatoms. The number of fused-ring (bicyclic) bond motifs is 1. The maximum atomic E-state index is 13.7. The number of aromatic nitrogens is 3. The van der Waals surface area contributed by atoms with Gasteiger partial charge in [0.25, 0.3) is 5.91 Å². The molecule has 1 N–H and O–H groups in total. The van der Waals surface area contributed by atoms with Crippen LogP contribution in [-0.2, 0) is 0 Å². The van der Waals surface area contributed by atoms with Gasteiger partial charge in [-0.05, 0) is 36.4 Å². The highest BCUT2D eigenvalue weighted by Gasteiger charge is 2.40. The molecule has 0 fully saturated rings. The van der Waals surface area contributed by atoms with Crippen molar-refractivity contribution in [3.05, 3.63) is 95.4 Å². The number of aromatic amines is 1. The van der Waals surface area contributed by atoms with Gasteiger partial charge in [-0.2, -0.15) is 5.10 Å². The van der Waals surface area contributed by atoms with Crippen LogP contribution < -0.4 is 9.80 Å². The van der Waals surface area contributed by atoms with Crippen molar-refractivity contribution in [2.75, 3.05) is 16.8 Å². The Hall–Kier alpha value is -3.64. The van der Waals surface area contributed by atoms with Crippen molar-refractivity contribution in [2.45, 2.75) is 6.17 Å². The standard InChI is InChI=1S/C23H18ClN5O/c1-28-19-10-4-2-8-16(19)23(30)29(20-11-5-3-9-18(20)24)22(28)17-14-26-27-21(17)15-7-6-12-25-13-15/h2-14,22H,1H3,(H,26,27). The molecule has 1 aliphatic heterocycles. The zero-order chi connectivity index (χ0) is 20.7. The maximum Gasteiger partial charge on any atom is 0.262 e. The maximum absolute atomic E-state index is 13.7. The van der Waals surface area contributed by atoms with Crippen molar-refractivity contribution in [1.29, 1.82) is 0 Å². The molecule has 2 aromatic carbocycles. The summed E-state index contributed by atoms with van der Waals surface area (Å²) in [5, 5.41) is 7.88. The number of benzene rings is 2. The van der Waals surface area contributed by atoms with Crippen molar-refractivity contribution in [3.63, 3.8) is 0 Å². The number of nitrogens with zero attached hydrogens (tertiary/aromatic N) is 4. The second-order valence-corrected chi connectivity index (χ2v) is 7.48. The van der Waals surface area contributed by atoms with E-state index in [2.05, 4.69) is 20.1 Å². The highest BCUT2D eigenvalue weighted by Crippen LogP contribution is 2.44. The van der Waals surface area contributed by atoms with Gasteiger partial charge in [0.05, 0.1) is 33.9 Å². The van der Waals surface area contributed by atoms with Crippen molar-refractivity contribution in [3.8, 4) is 11.3 Å². The zero-order valence-corrected chi connectivity index (χ0v) is 16.9. The fourth-order valence-electron chi connectivity index (χ4n) is 3.98. The molecule has 5 rings (SSSR count). The van der Waals surface area contributed by atoms with E-state index >= 15 is 0 Å². The van der Waals surface area contributed by atoms with E-state index in [9.17, 15) is 4.79 Å². The highest BCUT2D eigenvalue weighted by atomic mass is 35.5. The smallest absolute Gasteiger partial charge is 0.262 e. The first kappa shape index (κ1) is 18.4. The van der Waals surface area contributed by atoms with Gasteiger partial charge in [-0.1, -0.05) is 35.9 Å². The lowest BCUT2D eigenvalue weighted by Gasteiger charge is -2.44. The van der Waals surface area contributed by atoms with Gasteiger partial charge < -0.3 is 4.90 Å². The molecule has 0 aliphatic carbocycles. The average molecular weight is 416 g/mol. The Morgan fingerprint density at radius 2 is 1.73 bits per heavy atom. The van der Waals surface area contributed by atoms with Gasteiger partial charge in [-0.25, -0.2) is 0 Å². The average Bonchev–Trinajstić information content (AvgIpc) is 3.27. The molecule has 148 valence electrons. The van der Waals surface area contributed by atoms with Crippen LogP contribution in [0, 0.1) is 0 Å². The molecule has 1 atom stereocenters. The van der Waals surface area contributed by atoms with Gasteiger partial charge in [-0.15, -0.1) is 0 Å². The zero-order valence-electron chi connectivity index (χ0n) is 16.2. The predicted molar refractivity (Wildman–Crippen MR) is 118 cm³/mol. The van der Waals surface area contributed by atoms with Crippen LogP contribution in [0.25, 0.3) is 11.3 Å². The van der Waals surface area contributed by atoms with Crippen LogP contribution in [0.15, 0.2) is 79.3 Å². The molecule has 30 heavy (non-hydrogen) atoms. The van der Waals surface area contributed by atoms with Crippen LogP contribution in [0.4, 0.5) is 11.4 Å². The minimum atomic E-state index is -0.443. The van der Waals surface area contributed by atoms with E-state index < -0.39 is 6.17 Å². The third-order valence-corrected chi connectivity index (χ3v) is 5.67. The molecule has 2 aromatic heterocycles. The Morgan fingerprint density at radius 3 is 2.50 bits per heavy atom. The summed E-state index contributed by atoms with van der Waals surface area (Å²) in [5.41, 5.74) is 4.69. The summed E-state index contributed by atoms with van der Waals surface area (Å²) in [6, 6.07) is 18.8. The number of rotatable bonds is 3. The molecular formula is C23H18ClN5O. The molecule has 1 unspecified atom stereocenters. The minimum absolute atomic E-state index is 0.111. The molecule has 6 nitrogen and oxygen atoms in total. The summed E-state index contributed by atoms with van der Waals surface area (Å²) in [7, 11) is 1.97. The number of amides is 1. The Balaban J connectivity index is 1.74. The Labute approximate surface area is 178 Å². The first-order valence-corrected chi connectivity index (χ1v) is 9.88. The molecule has 0 saturated heterocycles. The predicted octanol–water partition coefficient (Wildman–Crippen LogP) is 4.92. The van der Waals surface area contributed by atoms with E-state index in [1.807, 2.05) is 61.6 Å². The highest BCUT2D eigenvalue weighted by molar-refractivity contribution is 6.34. The Bertz CT molecular complexity index is 1220. The summed E-state index contributed by atoms with van der Waals surface area (Å²) in [6.45, 7) is 0. The van der Waals surface area contributed by atoms with Gasteiger partial charge in [0.1, 0.15) is 6.17 Å². The number of carbonyl (C=O) groups excluding carboxylic acids is 1. The molecule has 4 aromatic rings. The van der Waals surface area contributed by atoms with Crippen LogP contribution in [-0.4, -0.2) is 28.1 Å². The molecule has 1 amide bonds. The quantitative estimate of drug-likeness (QED) is 0.515. The molecule has 0 spiro atoms. The summed E-state index contributed by atoms with van der Waals surface area (Å²) in [5.74, 6) is -0.111. The van der Waals surface area contributed by atoms with E-state index in [-0.39, 0.29) is 5.91 Å². The lowest BCUT2D eigenvalue weighted by Crippen LogP contribution is -2.48. The van der Waals surface area contributed by atoms with Crippen molar-refractivity contribution in [1.82, 2.24) is 15.2 Å². The third-order valence-electron chi connectivity index (χ3n) is 5.35. The lowest BCUT2D eigenvalue weighted by molar-refractivity contribution is 0.0970. The van der Waals surface area contributed by atoms with Gasteiger partial charge in [-0.3, -0.25) is 19.8 Å². The van der Waals surface area contributed by atoms with Crippen LogP contribution >= 0.6 is 11.6 Å². The van der Waals surface area contributed by atoms with Crippen LogP contribution in [0.2, 0.25) is 5.02 Å². The monoisotopic (exact) mass is 415 g/mol. The second-order valence-electron chi connectivity index (χ2n) is 7.07. The molecule has 0 saturated carbocycles. The fourth-order valence-corrected chi connectivity index (χ4v) is 4.20. The van der Waals surface area contributed by atoms with Crippen LogP contribution in [0.1, 0.15) is 22.1 Å². The van der Waals surface area contributed by atoms with E-state index in [0.717, 1.165) is 22.5 Å². The van der Waals surface area contributed by atoms with Gasteiger partial charge in [0.2, 0.25) is 0 Å². The van der Waals surface area contributed by atoms with Crippen molar-refractivity contribution < 1.29 is 4.79 Å². The summed E-state index contributed by atoms with van der Waals surface area (Å²) in [6.07, 6.45) is 4.81. The first-order chi connectivity index (χ1) is 14.7. The lowest BCUT2D eigenvalue weighted by atomic mass is 9.99. The number of anilines is 2. The number of halogens is 1. The fraction of sp³-hybridized carbons (Fsp3) is 0.0870. The van der Waals surface area contributed by atoms with E-state index in [0.29, 0.717) is 16.3 Å². The molecule has 0 bridgehead atoms. The second kappa shape index (κ2) is 7.31. The number of hydrogen-bond acceptors (Lipinski definition) is 4. The normalized spacial score (nSPS) is 15.9. The minimum Gasteiger partial charge on any atom is -0.349 e. The number of carbonyl (C=O) groups is 1. The summed E-state index contributed by atoms with van der Waals surface area (Å²) >= 11 is 6.54. The van der Waals surface area contributed by atoms with Gasteiger partial charge >= 0.3 is 0 Å². The van der Waals surface area contributed by atoms with Crippen LogP contribution in [0.5, 0.6) is 0 Å². The van der Waals surface area contributed by atoms with Gasteiger partial charge in [0, 0.05) is 30.6 Å². The summed E-state index contributed by atoms with van der Waals surface area (Å²) < 4.78 is 0. The summed E-state index contributed by atoms with van der Waals surface area (Å²) in [4.78, 5) is 21.7. The number of H-pyrrole nitrogens is 1. The van der Waals surface area contributed by atoms with Gasteiger partial charge in [0.15, 0.2) is 0 Å². The number of nitrogens with one attached hydrogen (secondary N) is 1. The SMILES string of the molecule is CN1c2ccccc2C(=O)N(c2ccccc2Cl)C1c1cn[nH]c1-c1cccnc1. The largest absolute Gasteiger partial charge is 0.349 e. The molecule has 1 aliphatic rings. The van der Waals surface area contributed by atoms with E-state index in [1.165, 1.54) is 0 Å². The van der Waals surface area contributed by atoms with Crippen molar-refractivity contribution >= 4 is 28.9 Å². The third kappa shape index (κ3) is 2.84. The number of hydrogen-bond donors (Lipinski definition) is 1. The van der Waals surface area contributed by atoms with Crippen molar-refractivity contribution in [2.24, 2.45) is 0 Å². The Morgan fingerprint density at radius 1 is 0.967 bits per heavy atom. The van der Waals surface area contributed by atoms with E-state index in [4.69, 9.17) is 11.6 Å². The topological polar surface area (TPSA) is 65.1 Å². The number of pyridine rings is 1. The Kier molecular flexibility index (Phi) is 4.48. The molecule has 0 radical (unpaired) electrons. The number of para-hydroxylation sites is 2. The van der Waals surface area contributed by atoms with Crippen LogP contribution in [0.3, 0.4) is 0 Å². The molecular weight excluding hydrogens is 398 g/mol.